The first-order chi connectivity index (χ1) is 10.1. The van der Waals surface area contributed by atoms with Crippen LogP contribution in [0.4, 0.5) is 5.69 Å². The molecule has 1 heterocycles. The Morgan fingerprint density at radius 3 is 2.57 bits per heavy atom. The number of aromatic nitrogens is 1. The van der Waals surface area contributed by atoms with E-state index >= 15 is 0 Å². The summed E-state index contributed by atoms with van der Waals surface area (Å²) in [6, 6.07) is 8.76. The van der Waals surface area contributed by atoms with E-state index < -0.39 is 0 Å². The van der Waals surface area contributed by atoms with Gasteiger partial charge in [0.05, 0.1) is 12.1 Å². The molecule has 0 spiro atoms. The number of Topliss-reactive ketones (excluding diaryl/α,β-unsaturated/α-hetero) is 1. The summed E-state index contributed by atoms with van der Waals surface area (Å²) in [5.74, 6) is 0.928. The van der Waals surface area contributed by atoms with Crippen LogP contribution < -0.4 is 5.32 Å². The number of rotatable bonds is 5. The van der Waals surface area contributed by atoms with Crippen LogP contribution in [-0.4, -0.2) is 16.8 Å². The summed E-state index contributed by atoms with van der Waals surface area (Å²) < 4.78 is 4.92. The second-order valence-electron chi connectivity index (χ2n) is 5.37. The minimum absolute atomic E-state index is 0.162. The highest BCUT2D eigenvalue weighted by Gasteiger charge is 2.30. The lowest BCUT2D eigenvalue weighted by molar-refractivity contribution is -0.115. The Hall–Kier alpha value is -2.43. The average molecular weight is 284 g/mol. The van der Waals surface area contributed by atoms with Crippen LogP contribution in [-0.2, 0) is 11.2 Å². The Labute approximate surface area is 122 Å². The number of nitrogens with one attached hydrogen (secondary N) is 1. The molecule has 1 saturated carbocycles. The van der Waals surface area contributed by atoms with E-state index in [4.69, 9.17) is 4.52 Å². The van der Waals surface area contributed by atoms with Gasteiger partial charge in [-0.05, 0) is 44.0 Å². The van der Waals surface area contributed by atoms with Gasteiger partial charge in [-0.25, -0.2) is 0 Å². The van der Waals surface area contributed by atoms with Gasteiger partial charge in [0.1, 0.15) is 5.76 Å². The lowest BCUT2D eigenvalue weighted by Crippen LogP contribution is -2.14. The van der Waals surface area contributed by atoms with Gasteiger partial charge in [0.25, 0.3) is 0 Å². The van der Waals surface area contributed by atoms with E-state index in [2.05, 4.69) is 10.5 Å². The monoisotopic (exact) mass is 284 g/mol. The first kappa shape index (κ1) is 13.5. The first-order valence-electron chi connectivity index (χ1n) is 6.98. The summed E-state index contributed by atoms with van der Waals surface area (Å²) in [4.78, 5) is 23.7. The molecule has 1 N–H and O–H groups in total. The zero-order valence-electron chi connectivity index (χ0n) is 11.8. The smallest absolute Gasteiger partial charge is 0.230 e. The highest BCUT2D eigenvalue weighted by Crippen LogP contribution is 2.32. The fourth-order valence-electron chi connectivity index (χ4n) is 2.17. The van der Waals surface area contributed by atoms with Crippen LogP contribution in [0, 0.1) is 12.8 Å². The molecule has 0 aliphatic heterocycles. The summed E-state index contributed by atoms with van der Waals surface area (Å²) >= 11 is 0. The third-order valence-electron chi connectivity index (χ3n) is 3.42. The van der Waals surface area contributed by atoms with Crippen molar-refractivity contribution in [2.75, 3.05) is 5.32 Å². The maximum atomic E-state index is 11.9. The summed E-state index contributed by atoms with van der Waals surface area (Å²) in [6.07, 6.45) is 2.16. The van der Waals surface area contributed by atoms with E-state index in [-0.39, 0.29) is 24.0 Å². The second kappa shape index (κ2) is 5.52. The highest BCUT2D eigenvalue weighted by atomic mass is 16.5. The molecule has 5 nitrogen and oxygen atoms in total. The van der Waals surface area contributed by atoms with Crippen LogP contribution in [0.1, 0.15) is 34.7 Å². The van der Waals surface area contributed by atoms with Crippen LogP contribution >= 0.6 is 0 Å². The third kappa shape index (κ3) is 3.37. The molecule has 0 unspecified atom stereocenters. The molecule has 0 atom stereocenters. The number of carbonyl (C=O) groups is 2. The Morgan fingerprint density at radius 2 is 2.00 bits per heavy atom. The molecule has 0 bridgehead atoms. The van der Waals surface area contributed by atoms with Crippen LogP contribution in [0.2, 0.25) is 0 Å². The lowest BCUT2D eigenvalue weighted by Gasteiger charge is -2.05. The van der Waals surface area contributed by atoms with Crippen molar-refractivity contribution in [3.63, 3.8) is 0 Å². The first-order valence-corrected chi connectivity index (χ1v) is 6.98. The molecule has 1 aliphatic carbocycles. The van der Waals surface area contributed by atoms with Crippen molar-refractivity contribution in [1.29, 1.82) is 0 Å². The SMILES string of the molecule is Cc1cc(CC(=O)Nc2ccc(C(=O)C3CC3)cc2)no1. The fourth-order valence-corrected chi connectivity index (χ4v) is 2.17. The van der Waals surface area contributed by atoms with Crippen molar-refractivity contribution >= 4 is 17.4 Å². The van der Waals surface area contributed by atoms with Crippen LogP contribution in [0.5, 0.6) is 0 Å². The number of amides is 1. The summed E-state index contributed by atoms with van der Waals surface area (Å²) in [6.45, 7) is 1.78. The molecular formula is C16H16N2O3. The minimum Gasteiger partial charge on any atom is -0.361 e. The van der Waals surface area contributed by atoms with Gasteiger partial charge in [-0.2, -0.15) is 0 Å². The molecule has 5 heteroatoms. The van der Waals surface area contributed by atoms with E-state index in [1.54, 1.807) is 37.3 Å². The third-order valence-corrected chi connectivity index (χ3v) is 3.42. The zero-order valence-corrected chi connectivity index (χ0v) is 11.8. The van der Waals surface area contributed by atoms with Gasteiger partial charge in [0.15, 0.2) is 5.78 Å². The molecule has 1 aromatic carbocycles. The predicted octanol–water partition coefficient (Wildman–Crippen LogP) is 2.76. The number of benzene rings is 1. The Kier molecular flexibility index (Phi) is 3.56. The minimum atomic E-state index is -0.162. The van der Waals surface area contributed by atoms with E-state index in [0.29, 0.717) is 22.7 Å². The fraction of sp³-hybridized carbons (Fsp3) is 0.312. The van der Waals surface area contributed by atoms with E-state index in [1.807, 2.05) is 0 Å². The average Bonchev–Trinajstić information content (AvgIpc) is 3.23. The summed E-state index contributed by atoms with van der Waals surface area (Å²) in [5, 5.41) is 6.56. The number of ketones is 1. The normalized spacial score (nSPS) is 14.0. The molecule has 1 aliphatic rings. The highest BCUT2D eigenvalue weighted by molar-refractivity contribution is 6.00. The van der Waals surface area contributed by atoms with Crippen LogP contribution in [0.3, 0.4) is 0 Å². The number of carbonyl (C=O) groups excluding carboxylic acids is 2. The van der Waals surface area contributed by atoms with Crippen molar-refractivity contribution in [1.82, 2.24) is 5.16 Å². The summed E-state index contributed by atoms with van der Waals surface area (Å²) in [7, 11) is 0. The van der Waals surface area contributed by atoms with Gasteiger partial charge in [-0.15, -0.1) is 0 Å². The van der Waals surface area contributed by atoms with Crippen molar-refractivity contribution < 1.29 is 14.1 Å². The Morgan fingerprint density at radius 1 is 1.29 bits per heavy atom. The molecule has 0 radical (unpaired) electrons. The predicted molar refractivity (Wildman–Crippen MR) is 77.1 cm³/mol. The van der Waals surface area contributed by atoms with E-state index in [9.17, 15) is 9.59 Å². The van der Waals surface area contributed by atoms with Crippen molar-refractivity contribution in [3.8, 4) is 0 Å². The van der Waals surface area contributed by atoms with Gasteiger partial charge >= 0.3 is 0 Å². The number of hydrogen-bond donors (Lipinski definition) is 1. The number of aryl methyl sites for hydroxylation is 1. The molecule has 108 valence electrons. The number of nitrogens with zero attached hydrogens (tertiary/aromatic N) is 1. The quantitative estimate of drug-likeness (QED) is 0.857. The van der Waals surface area contributed by atoms with Gasteiger partial charge in [0.2, 0.25) is 5.91 Å². The molecule has 2 aromatic rings. The standard InChI is InChI=1S/C16H16N2O3/c1-10-8-14(18-21-10)9-15(19)17-13-6-4-12(5-7-13)16(20)11-2-3-11/h4-8,11H,2-3,9H2,1H3,(H,17,19). The van der Waals surface area contributed by atoms with Gasteiger partial charge in [-0.3, -0.25) is 9.59 Å². The van der Waals surface area contributed by atoms with E-state index in [1.165, 1.54) is 0 Å². The molecule has 1 amide bonds. The van der Waals surface area contributed by atoms with E-state index in [0.717, 1.165) is 12.8 Å². The topological polar surface area (TPSA) is 72.2 Å². The van der Waals surface area contributed by atoms with Gasteiger partial charge in [0, 0.05) is 23.2 Å². The molecular weight excluding hydrogens is 268 g/mol. The zero-order chi connectivity index (χ0) is 14.8. The maximum Gasteiger partial charge on any atom is 0.230 e. The number of anilines is 1. The summed E-state index contributed by atoms with van der Waals surface area (Å²) in [5.41, 5.74) is 1.99. The largest absolute Gasteiger partial charge is 0.361 e. The van der Waals surface area contributed by atoms with Crippen molar-refractivity contribution in [3.05, 3.63) is 47.3 Å². The maximum absolute atomic E-state index is 11.9. The number of hydrogen-bond acceptors (Lipinski definition) is 4. The Bertz CT molecular complexity index is 669. The molecule has 21 heavy (non-hydrogen) atoms. The van der Waals surface area contributed by atoms with Gasteiger partial charge < -0.3 is 9.84 Å². The van der Waals surface area contributed by atoms with Crippen LogP contribution in [0.25, 0.3) is 0 Å². The molecule has 0 saturated heterocycles. The van der Waals surface area contributed by atoms with Crippen molar-refractivity contribution in [2.45, 2.75) is 26.2 Å². The second-order valence-corrected chi connectivity index (χ2v) is 5.37. The van der Waals surface area contributed by atoms with Gasteiger partial charge in [-0.1, -0.05) is 5.16 Å². The molecule has 1 aromatic heterocycles. The Balaban J connectivity index is 1.59. The van der Waals surface area contributed by atoms with Crippen LogP contribution in [0.15, 0.2) is 34.9 Å². The lowest BCUT2D eigenvalue weighted by atomic mass is 10.1. The van der Waals surface area contributed by atoms with Crippen molar-refractivity contribution in [2.24, 2.45) is 5.92 Å². The molecule has 1 fully saturated rings. The molecule has 3 rings (SSSR count).